The van der Waals surface area contributed by atoms with E-state index in [0.717, 1.165) is 11.1 Å². The molecule has 3 rings (SSSR count). The molecule has 0 aliphatic heterocycles. The molecule has 1 heterocycles. The lowest BCUT2D eigenvalue weighted by Crippen LogP contribution is -2.26. The van der Waals surface area contributed by atoms with E-state index in [1.165, 1.54) is 12.1 Å². The highest BCUT2D eigenvalue weighted by atomic mass is 35.5. The maximum atomic E-state index is 12.3. The zero-order chi connectivity index (χ0) is 17.9. The molecule has 0 atom stereocenters. The summed E-state index contributed by atoms with van der Waals surface area (Å²) in [5.74, 6) is 0.771. The molecule has 0 fully saturated rings. The van der Waals surface area contributed by atoms with Crippen LogP contribution in [0.4, 0.5) is 0 Å². The molecule has 0 amide bonds. The normalized spacial score (nSPS) is 11.6. The monoisotopic (exact) mass is 377 g/mol. The molecular formula is C17H16ClN3O3S. The van der Waals surface area contributed by atoms with Gasteiger partial charge in [0, 0.05) is 23.6 Å². The molecule has 0 radical (unpaired) electrons. The number of aryl methyl sites for hydroxylation is 1. The first-order valence-corrected chi connectivity index (χ1v) is 9.45. The van der Waals surface area contributed by atoms with Gasteiger partial charge in [0.1, 0.15) is 0 Å². The van der Waals surface area contributed by atoms with Crippen molar-refractivity contribution < 1.29 is 12.8 Å². The number of sulfonamides is 1. The van der Waals surface area contributed by atoms with E-state index in [9.17, 15) is 8.42 Å². The van der Waals surface area contributed by atoms with Gasteiger partial charge in [-0.1, -0.05) is 35.9 Å². The molecule has 1 N–H and O–H groups in total. The fourth-order valence-corrected chi connectivity index (χ4v) is 3.47. The average molecular weight is 378 g/mol. The topological polar surface area (TPSA) is 85.1 Å². The summed E-state index contributed by atoms with van der Waals surface area (Å²) in [6.07, 6.45) is 0.290. The van der Waals surface area contributed by atoms with Gasteiger partial charge in [0.25, 0.3) is 0 Å². The minimum absolute atomic E-state index is 0.124. The number of aromatic nitrogens is 2. The smallest absolute Gasteiger partial charge is 0.247 e. The molecular weight excluding hydrogens is 362 g/mol. The Morgan fingerprint density at radius 2 is 1.88 bits per heavy atom. The Labute approximate surface area is 150 Å². The first-order chi connectivity index (χ1) is 12.0. The number of nitrogens with zero attached hydrogens (tertiary/aromatic N) is 2. The van der Waals surface area contributed by atoms with Crippen LogP contribution in [-0.4, -0.2) is 25.2 Å². The van der Waals surface area contributed by atoms with Gasteiger partial charge in [-0.2, -0.15) is 0 Å². The van der Waals surface area contributed by atoms with Crippen LogP contribution in [0.25, 0.3) is 11.5 Å². The average Bonchev–Trinajstić information content (AvgIpc) is 3.07. The number of hydrogen-bond donors (Lipinski definition) is 1. The molecule has 1 aromatic heterocycles. The van der Waals surface area contributed by atoms with Gasteiger partial charge >= 0.3 is 0 Å². The molecule has 0 spiro atoms. The van der Waals surface area contributed by atoms with Crippen LogP contribution in [-0.2, 0) is 16.4 Å². The highest BCUT2D eigenvalue weighted by molar-refractivity contribution is 7.89. The summed E-state index contributed by atoms with van der Waals surface area (Å²) >= 11 is 5.99. The second kappa shape index (κ2) is 7.35. The van der Waals surface area contributed by atoms with Crippen molar-refractivity contribution in [3.8, 4) is 11.5 Å². The molecule has 0 saturated carbocycles. The van der Waals surface area contributed by atoms with E-state index >= 15 is 0 Å². The van der Waals surface area contributed by atoms with Crippen LogP contribution in [0.2, 0.25) is 5.02 Å². The van der Waals surface area contributed by atoms with Gasteiger partial charge in [0.15, 0.2) is 0 Å². The summed E-state index contributed by atoms with van der Waals surface area (Å²) in [5.41, 5.74) is 1.64. The standard InChI is InChI=1S/C17H16ClN3O3S/c1-12-7-8-14(11-15(12)18)25(22,23)19-10-9-16-20-21-17(24-16)13-5-3-2-4-6-13/h2-8,11,19H,9-10H2,1H3. The van der Waals surface area contributed by atoms with Gasteiger partial charge in [-0.3, -0.25) is 0 Å². The van der Waals surface area contributed by atoms with Crippen LogP contribution in [0.15, 0.2) is 57.8 Å². The zero-order valence-corrected chi connectivity index (χ0v) is 15.0. The Kier molecular flexibility index (Phi) is 5.17. The number of hydrogen-bond acceptors (Lipinski definition) is 5. The summed E-state index contributed by atoms with van der Waals surface area (Å²) in [6.45, 7) is 1.95. The number of nitrogens with one attached hydrogen (secondary N) is 1. The van der Waals surface area contributed by atoms with E-state index in [0.29, 0.717) is 23.2 Å². The lowest BCUT2D eigenvalue weighted by molar-refractivity contribution is 0.502. The van der Waals surface area contributed by atoms with Gasteiger partial charge in [-0.05, 0) is 36.8 Å². The molecule has 25 heavy (non-hydrogen) atoms. The third-order valence-corrected chi connectivity index (χ3v) is 5.44. The SMILES string of the molecule is Cc1ccc(S(=O)(=O)NCCc2nnc(-c3ccccc3)o2)cc1Cl. The van der Waals surface area contributed by atoms with Gasteiger partial charge in [0.05, 0.1) is 4.90 Å². The molecule has 6 nitrogen and oxygen atoms in total. The Hall–Kier alpha value is -2.22. The molecule has 3 aromatic rings. The second-order valence-electron chi connectivity index (χ2n) is 5.43. The summed E-state index contributed by atoms with van der Waals surface area (Å²) in [5, 5.41) is 8.32. The lowest BCUT2D eigenvalue weighted by atomic mass is 10.2. The highest BCUT2D eigenvalue weighted by Crippen LogP contribution is 2.20. The Balaban J connectivity index is 1.63. The lowest BCUT2D eigenvalue weighted by Gasteiger charge is -2.07. The minimum atomic E-state index is -3.64. The predicted molar refractivity (Wildman–Crippen MR) is 94.8 cm³/mol. The van der Waals surface area contributed by atoms with Crippen molar-refractivity contribution >= 4 is 21.6 Å². The first-order valence-electron chi connectivity index (χ1n) is 7.59. The Morgan fingerprint density at radius 1 is 1.12 bits per heavy atom. The number of rotatable bonds is 6. The Bertz CT molecular complexity index is 972. The van der Waals surface area contributed by atoms with Crippen molar-refractivity contribution in [1.82, 2.24) is 14.9 Å². The summed E-state index contributed by atoms with van der Waals surface area (Å²) in [4.78, 5) is 0.124. The maximum Gasteiger partial charge on any atom is 0.247 e. The molecule has 8 heteroatoms. The molecule has 130 valence electrons. The molecule has 0 unspecified atom stereocenters. The summed E-state index contributed by atoms with van der Waals surface area (Å²) in [6, 6.07) is 14.0. The Morgan fingerprint density at radius 3 is 2.60 bits per heavy atom. The van der Waals surface area contributed by atoms with Crippen LogP contribution in [0, 0.1) is 6.92 Å². The number of halogens is 1. The van der Waals surface area contributed by atoms with E-state index in [1.54, 1.807) is 6.07 Å². The van der Waals surface area contributed by atoms with Gasteiger partial charge in [-0.15, -0.1) is 10.2 Å². The molecule has 0 aliphatic carbocycles. The van der Waals surface area contributed by atoms with Crippen molar-refractivity contribution in [3.05, 3.63) is 65.0 Å². The molecule has 0 bridgehead atoms. The molecule has 2 aromatic carbocycles. The first kappa shape index (κ1) is 17.6. The highest BCUT2D eigenvalue weighted by Gasteiger charge is 2.15. The van der Waals surface area contributed by atoms with Crippen LogP contribution < -0.4 is 4.72 Å². The van der Waals surface area contributed by atoms with Crippen molar-refractivity contribution in [1.29, 1.82) is 0 Å². The van der Waals surface area contributed by atoms with Crippen molar-refractivity contribution in [3.63, 3.8) is 0 Å². The zero-order valence-electron chi connectivity index (χ0n) is 13.4. The third kappa shape index (κ3) is 4.25. The van der Waals surface area contributed by atoms with Crippen LogP contribution >= 0.6 is 11.6 Å². The summed E-state index contributed by atoms with van der Waals surface area (Å²) < 4.78 is 32.6. The fraction of sp³-hybridized carbons (Fsp3) is 0.176. The van der Waals surface area contributed by atoms with E-state index in [1.807, 2.05) is 37.3 Å². The number of benzene rings is 2. The summed E-state index contributed by atoms with van der Waals surface area (Å²) in [7, 11) is -3.64. The van der Waals surface area contributed by atoms with E-state index in [4.69, 9.17) is 16.0 Å². The second-order valence-corrected chi connectivity index (χ2v) is 7.60. The van der Waals surface area contributed by atoms with Gasteiger partial charge in [-0.25, -0.2) is 13.1 Å². The molecule has 0 saturated heterocycles. The van der Waals surface area contributed by atoms with Crippen molar-refractivity contribution in [2.75, 3.05) is 6.54 Å². The van der Waals surface area contributed by atoms with Gasteiger partial charge in [0.2, 0.25) is 21.8 Å². The quantitative estimate of drug-likeness (QED) is 0.712. The van der Waals surface area contributed by atoms with E-state index in [-0.39, 0.29) is 11.4 Å². The third-order valence-electron chi connectivity index (χ3n) is 3.57. The van der Waals surface area contributed by atoms with Gasteiger partial charge < -0.3 is 4.42 Å². The largest absolute Gasteiger partial charge is 0.421 e. The molecule has 0 aliphatic rings. The maximum absolute atomic E-state index is 12.3. The fourth-order valence-electron chi connectivity index (χ4n) is 2.17. The van der Waals surface area contributed by atoms with Crippen LogP contribution in [0.3, 0.4) is 0 Å². The minimum Gasteiger partial charge on any atom is -0.421 e. The van der Waals surface area contributed by atoms with Crippen molar-refractivity contribution in [2.24, 2.45) is 0 Å². The van der Waals surface area contributed by atoms with E-state index in [2.05, 4.69) is 14.9 Å². The van der Waals surface area contributed by atoms with Crippen molar-refractivity contribution in [2.45, 2.75) is 18.2 Å². The predicted octanol–water partition coefficient (Wildman–Crippen LogP) is 3.22. The van der Waals surface area contributed by atoms with Crippen LogP contribution in [0.1, 0.15) is 11.5 Å². The van der Waals surface area contributed by atoms with E-state index < -0.39 is 10.0 Å². The van der Waals surface area contributed by atoms with Crippen LogP contribution in [0.5, 0.6) is 0 Å².